The molecule has 0 aliphatic carbocycles. The lowest BCUT2D eigenvalue weighted by Crippen LogP contribution is -2.18. The Morgan fingerprint density at radius 3 is 2.57 bits per heavy atom. The fourth-order valence-corrected chi connectivity index (χ4v) is 0.919. The van der Waals surface area contributed by atoms with E-state index in [1.165, 1.54) is 6.07 Å². The van der Waals surface area contributed by atoms with Crippen LogP contribution in [-0.4, -0.2) is 11.3 Å². The van der Waals surface area contributed by atoms with Crippen LogP contribution in [0, 0.1) is 11.3 Å². The summed E-state index contributed by atoms with van der Waals surface area (Å²) in [6, 6.07) is 1.49. The van der Waals surface area contributed by atoms with E-state index in [1.54, 1.807) is 0 Å². The van der Waals surface area contributed by atoms with E-state index < -0.39 is 12.1 Å². The van der Waals surface area contributed by atoms with E-state index in [2.05, 4.69) is 9.72 Å². The number of hydrogen-bond donors (Lipinski definition) is 0. The van der Waals surface area contributed by atoms with Gasteiger partial charge >= 0.3 is 6.36 Å². The molecule has 0 fully saturated rings. The maximum Gasteiger partial charge on any atom is 0.573 e. The molecule has 0 N–H and O–H groups in total. The Balaban J connectivity index is 3.10. The topological polar surface area (TPSA) is 45.9 Å². The molecule has 1 aromatic heterocycles. The summed E-state index contributed by atoms with van der Waals surface area (Å²) in [6.07, 6.45) is -3.03. The van der Waals surface area contributed by atoms with Gasteiger partial charge in [0.05, 0.1) is 11.2 Å². The van der Waals surface area contributed by atoms with Crippen LogP contribution in [0.3, 0.4) is 0 Å². The molecular weight excluding hydrogens is 221 g/mol. The molecule has 14 heavy (non-hydrogen) atoms. The van der Waals surface area contributed by atoms with Gasteiger partial charge in [0, 0.05) is 6.20 Å². The van der Waals surface area contributed by atoms with Crippen LogP contribution in [0.25, 0.3) is 0 Å². The molecule has 7 heteroatoms. The summed E-state index contributed by atoms with van der Waals surface area (Å²) < 4.78 is 38.9. The molecule has 74 valence electrons. The molecule has 3 nitrogen and oxygen atoms in total. The SMILES string of the molecule is N#Cc1c(Cl)cncc1OC(F)(F)F. The highest BCUT2D eigenvalue weighted by Crippen LogP contribution is 2.28. The first kappa shape index (κ1) is 10.6. The molecule has 1 aromatic rings. The third-order valence-electron chi connectivity index (χ3n) is 1.20. The Kier molecular flexibility index (Phi) is 2.81. The Hall–Kier alpha value is -1.48. The van der Waals surface area contributed by atoms with Gasteiger partial charge in [0.15, 0.2) is 5.75 Å². The average Bonchev–Trinajstić information content (AvgIpc) is 2.01. The van der Waals surface area contributed by atoms with Crippen LogP contribution in [0.2, 0.25) is 5.02 Å². The number of halogens is 4. The molecule has 1 heterocycles. The zero-order chi connectivity index (χ0) is 10.8. The van der Waals surface area contributed by atoms with Gasteiger partial charge in [0.2, 0.25) is 0 Å². The smallest absolute Gasteiger partial charge is 0.403 e. The van der Waals surface area contributed by atoms with Gasteiger partial charge in [-0.1, -0.05) is 11.6 Å². The normalized spacial score (nSPS) is 10.8. The van der Waals surface area contributed by atoms with Gasteiger partial charge in [-0.3, -0.25) is 4.98 Å². The van der Waals surface area contributed by atoms with Crippen LogP contribution in [-0.2, 0) is 0 Å². The number of rotatable bonds is 1. The second-order valence-corrected chi connectivity index (χ2v) is 2.56. The van der Waals surface area contributed by atoms with E-state index in [0.717, 1.165) is 12.4 Å². The van der Waals surface area contributed by atoms with E-state index in [0.29, 0.717) is 0 Å². The quantitative estimate of drug-likeness (QED) is 0.733. The van der Waals surface area contributed by atoms with Gasteiger partial charge < -0.3 is 4.74 Å². The van der Waals surface area contributed by atoms with Crippen molar-refractivity contribution in [2.24, 2.45) is 0 Å². The molecule has 0 aliphatic heterocycles. The molecular formula is C7H2ClF3N2O. The largest absolute Gasteiger partial charge is 0.573 e. The fourth-order valence-electron chi connectivity index (χ4n) is 0.728. The van der Waals surface area contributed by atoms with Crippen molar-refractivity contribution in [2.75, 3.05) is 0 Å². The lowest BCUT2D eigenvalue weighted by atomic mass is 10.3. The lowest BCUT2D eigenvalue weighted by molar-refractivity contribution is -0.274. The Bertz CT molecular complexity index is 386. The van der Waals surface area contributed by atoms with Crippen molar-refractivity contribution >= 4 is 11.6 Å². The molecule has 0 aliphatic rings. The Labute approximate surface area is 81.7 Å². The summed E-state index contributed by atoms with van der Waals surface area (Å²) in [7, 11) is 0. The van der Waals surface area contributed by atoms with Crippen molar-refractivity contribution in [3.05, 3.63) is 23.0 Å². The van der Waals surface area contributed by atoms with Crippen molar-refractivity contribution in [3.8, 4) is 11.8 Å². The van der Waals surface area contributed by atoms with Crippen LogP contribution < -0.4 is 4.74 Å². The molecule has 0 saturated heterocycles. The summed E-state index contributed by atoms with van der Waals surface area (Å²) >= 11 is 5.43. The second kappa shape index (κ2) is 3.72. The van der Waals surface area contributed by atoms with E-state index in [9.17, 15) is 13.2 Å². The Morgan fingerprint density at radius 2 is 2.07 bits per heavy atom. The first-order valence-corrected chi connectivity index (χ1v) is 3.61. The number of nitrogens with zero attached hydrogens (tertiary/aromatic N) is 2. The second-order valence-electron chi connectivity index (χ2n) is 2.15. The van der Waals surface area contributed by atoms with Crippen molar-refractivity contribution in [3.63, 3.8) is 0 Å². The first-order valence-electron chi connectivity index (χ1n) is 3.23. The van der Waals surface area contributed by atoms with Crippen molar-refractivity contribution < 1.29 is 17.9 Å². The van der Waals surface area contributed by atoms with Crippen LogP contribution in [0.1, 0.15) is 5.56 Å². The highest BCUT2D eigenvalue weighted by molar-refractivity contribution is 6.31. The van der Waals surface area contributed by atoms with Gasteiger partial charge in [-0.15, -0.1) is 13.2 Å². The zero-order valence-corrected chi connectivity index (χ0v) is 7.23. The van der Waals surface area contributed by atoms with E-state index in [-0.39, 0.29) is 10.6 Å². The maximum atomic E-state index is 11.8. The molecule has 0 amide bonds. The molecule has 0 bridgehead atoms. The van der Waals surface area contributed by atoms with E-state index in [1.807, 2.05) is 0 Å². The molecule has 0 unspecified atom stereocenters. The van der Waals surface area contributed by atoms with Crippen LogP contribution in [0.5, 0.6) is 5.75 Å². The summed E-state index contributed by atoms with van der Waals surface area (Å²) in [5.74, 6) is -0.701. The van der Waals surface area contributed by atoms with Gasteiger partial charge in [-0.25, -0.2) is 0 Å². The monoisotopic (exact) mass is 222 g/mol. The summed E-state index contributed by atoms with van der Waals surface area (Å²) in [5.41, 5.74) is -0.390. The van der Waals surface area contributed by atoms with Crippen LogP contribution >= 0.6 is 11.6 Å². The molecule has 0 saturated carbocycles. The van der Waals surface area contributed by atoms with Crippen molar-refractivity contribution in [1.29, 1.82) is 5.26 Å². The summed E-state index contributed by atoms with van der Waals surface area (Å²) in [4.78, 5) is 3.37. The zero-order valence-electron chi connectivity index (χ0n) is 6.47. The minimum atomic E-state index is -4.86. The molecule has 0 spiro atoms. The molecule has 1 rings (SSSR count). The number of aromatic nitrogens is 1. The average molecular weight is 223 g/mol. The number of pyridine rings is 1. The Morgan fingerprint density at radius 1 is 1.43 bits per heavy atom. The van der Waals surface area contributed by atoms with Crippen molar-refractivity contribution in [2.45, 2.75) is 6.36 Å². The van der Waals surface area contributed by atoms with Crippen LogP contribution in [0.4, 0.5) is 13.2 Å². The lowest BCUT2D eigenvalue weighted by Gasteiger charge is -2.09. The number of hydrogen-bond acceptors (Lipinski definition) is 3. The highest BCUT2D eigenvalue weighted by atomic mass is 35.5. The first-order chi connectivity index (χ1) is 6.44. The third-order valence-corrected chi connectivity index (χ3v) is 1.49. The van der Waals surface area contributed by atoms with Crippen LogP contribution in [0.15, 0.2) is 12.4 Å². The maximum absolute atomic E-state index is 11.8. The molecule has 0 radical (unpaired) electrons. The van der Waals surface area contributed by atoms with Gasteiger partial charge in [0.1, 0.15) is 11.6 Å². The predicted molar refractivity (Wildman–Crippen MR) is 40.6 cm³/mol. The fraction of sp³-hybridized carbons (Fsp3) is 0.143. The molecule has 0 atom stereocenters. The number of nitriles is 1. The van der Waals surface area contributed by atoms with Gasteiger partial charge in [-0.2, -0.15) is 5.26 Å². The standard InChI is InChI=1S/C7H2ClF3N2O/c8-5-2-13-3-6(4(5)1-12)14-7(9,10)11/h2-3H. The number of alkyl halides is 3. The van der Waals surface area contributed by atoms with E-state index >= 15 is 0 Å². The minimum Gasteiger partial charge on any atom is -0.403 e. The van der Waals surface area contributed by atoms with Gasteiger partial charge in [0.25, 0.3) is 0 Å². The van der Waals surface area contributed by atoms with Gasteiger partial charge in [-0.05, 0) is 0 Å². The van der Waals surface area contributed by atoms with E-state index in [4.69, 9.17) is 16.9 Å². The number of ether oxygens (including phenoxy) is 1. The minimum absolute atomic E-state index is 0.186. The molecule has 0 aromatic carbocycles. The van der Waals surface area contributed by atoms with Crippen molar-refractivity contribution in [1.82, 2.24) is 4.98 Å². The summed E-state index contributed by atoms with van der Waals surface area (Å²) in [5, 5.41) is 8.30. The third kappa shape index (κ3) is 2.50. The predicted octanol–water partition coefficient (Wildman–Crippen LogP) is 2.51. The summed E-state index contributed by atoms with van der Waals surface area (Å²) in [6.45, 7) is 0. The highest BCUT2D eigenvalue weighted by Gasteiger charge is 2.32.